The van der Waals surface area contributed by atoms with Crippen LogP contribution in [-0.4, -0.2) is 80.1 Å². The maximum Gasteiger partial charge on any atom is 0.336 e. The van der Waals surface area contributed by atoms with Gasteiger partial charge in [-0.2, -0.15) is 0 Å². The lowest BCUT2D eigenvalue weighted by atomic mass is 9.80. The van der Waals surface area contributed by atoms with Gasteiger partial charge in [-0.3, -0.25) is 4.79 Å². The van der Waals surface area contributed by atoms with Gasteiger partial charge in [0.05, 0.1) is 18.8 Å². The number of hydrogen-bond acceptors (Lipinski definition) is 7. The van der Waals surface area contributed by atoms with Gasteiger partial charge in [0.15, 0.2) is 5.60 Å². The highest BCUT2D eigenvalue weighted by molar-refractivity contribution is 5.78. The molecule has 6 N–H and O–H groups in total. The second-order valence-corrected chi connectivity index (χ2v) is 7.46. The summed E-state index contributed by atoms with van der Waals surface area (Å²) in [5.74, 6) is -1.82. The van der Waals surface area contributed by atoms with Crippen LogP contribution in [-0.2, 0) is 20.7 Å². The minimum Gasteiger partial charge on any atom is -0.479 e. The molecule has 1 fully saturated rings. The number of ether oxygens (including phenoxy) is 1. The predicted octanol–water partition coefficient (Wildman–Crippen LogP) is -0.799. The minimum atomic E-state index is -1.80. The monoisotopic (exact) mass is 411 g/mol. The molecular formula is C20H29NO8. The maximum atomic E-state index is 12.1. The van der Waals surface area contributed by atoms with E-state index in [1.807, 2.05) is 30.3 Å². The number of nitrogens with one attached hydrogen (secondary N) is 1. The first-order valence-electron chi connectivity index (χ1n) is 9.57. The lowest BCUT2D eigenvalue weighted by molar-refractivity contribution is -0.231. The van der Waals surface area contributed by atoms with Gasteiger partial charge < -0.3 is 35.6 Å². The fourth-order valence-corrected chi connectivity index (χ4v) is 3.72. The average Bonchev–Trinajstić information content (AvgIpc) is 2.69. The summed E-state index contributed by atoms with van der Waals surface area (Å²) in [5, 5.41) is 52.2. The zero-order chi connectivity index (χ0) is 21.6. The van der Waals surface area contributed by atoms with Crippen LogP contribution >= 0.6 is 0 Å². The van der Waals surface area contributed by atoms with E-state index in [1.54, 1.807) is 0 Å². The number of carboxylic acid groups (broad SMARTS) is 1. The van der Waals surface area contributed by atoms with Crippen molar-refractivity contribution in [2.75, 3.05) is 6.61 Å². The Morgan fingerprint density at radius 2 is 1.93 bits per heavy atom. The normalized spacial score (nSPS) is 29.1. The first kappa shape index (κ1) is 23.2. The van der Waals surface area contributed by atoms with Gasteiger partial charge in [-0.1, -0.05) is 30.3 Å². The summed E-state index contributed by atoms with van der Waals surface area (Å²) in [7, 11) is 0. The van der Waals surface area contributed by atoms with Crippen LogP contribution in [0.25, 0.3) is 0 Å². The van der Waals surface area contributed by atoms with E-state index < -0.39 is 54.5 Å². The molecule has 1 heterocycles. The Morgan fingerprint density at radius 3 is 2.48 bits per heavy atom. The quantitative estimate of drug-likeness (QED) is 0.308. The first-order chi connectivity index (χ1) is 13.7. The molecule has 1 saturated heterocycles. The molecule has 0 saturated carbocycles. The molecule has 0 aliphatic carbocycles. The molecular weight excluding hydrogens is 382 g/mol. The third-order valence-electron chi connectivity index (χ3n) is 5.24. The van der Waals surface area contributed by atoms with Crippen LogP contribution in [0.3, 0.4) is 0 Å². The fraction of sp³-hybridized carbons (Fsp3) is 0.600. The van der Waals surface area contributed by atoms with E-state index in [-0.39, 0.29) is 12.8 Å². The number of rotatable bonds is 9. The number of carbonyl (C=O) groups is 2. The number of carboxylic acids is 1. The SMILES string of the molecule is CC(=O)N[C@H]1[C@H]([C@H](O)[C@H](O)CO)O[C@@](CCCc2ccccc2)(C(=O)O)C[C@@H]1O. The van der Waals surface area contributed by atoms with Gasteiger partial charge in [-0.05, 0) is 24.8 Å². The highest BCUT2D eigenvalue weighted by Crippen LogP contribution is 2.36. The van der Waals surface area contributed by atoms with Crippen molar-refractivity contribution in [1.82, 2.24) is 5.32 Å². The van der Waals surface area contributed by atoms with Crippen molar-refractivity contribution in [2.24, 2.45) is 0 Å². The molecule has 0 spiro atoms. The van der Waals surface area contributed by atoms with E-state index in [0.717, 1.165) is 5.56 Å². The number of hydrogen-bond donors (Lipinski definition) is 6. The van der Waals surface area contributed by atoms with E-state index in [4.69, 9.17) is 9.84 Å². The molecule has 29 heavy (non-hydrogen) atoms. The van der Waals surface area contributed by atoms with Crippen molar-refractivity contribution in [3.05, 3.63) is 35.9 Å². The van der Waals surface area contributed by atoms with Crippen molar-refractivity contribution in [3.8, 4) is 0 Å². The molecule has 1 aliphatic heterocycles. The molecule has 6 atom stereocenters. The molecule has 9 nitrogen and oxygen atoms in total. The van der Waals surface area contributed by atoms with Crippen LogP contribution in [0.1, 0.15) is 31.7 Å². The molecule has 1 amide bonds. The van der Waals surface area contributed by atoms with Crippen LogP contribution in [0.15, 0.2) is 30.3 Å². The van der Waals surface area contributed by atoms with Crippen LogP contribution in [0.2, 0.25) is 0 Å². The zero-order valence-corrected chi connectivity index (χ0v) is 16.3. The average molecular weight is 411 g/mol. The summed E-state index contributed by atoms with van der Waals surface area (Å²) >= 11 is 0. The summed E-state index contributed by atoms with van der Waals surface area (Å²) in [6, 6.07) is 8.34. The van der Waals surface area contributed by atoms with Gasteiger partial charge >= 0.3 is 5.97 Å². The zero-order valence-electron chi connectivity index (χ0n) is 16.3. The minimum absolute atomic E-state index is 0.0551. The van der Waals surface area contributed by atoms with Gasteiger partial charge in [0.2, 0.25) is 5.91 Å². The highest BCUT2D eigenvalue weighted by Gasteiger charge is 2.54. The first-order valence-corrected chi connectivity index (χ1v) is 9.57. The third-order valence-corrected chi connectivity index (χ3v) is 5.24. The Kier molecular flexibility index (Phi) is 8.12. The number of benzene rings is 1. The van der Waals surface area contributed by atoms with Crippen LogP contribution in [0.4, 0.5) is 0 Å². The standard InChI is InChI=1S/C20H29NO8/c1-12(23)21-16-14(24)10-20(19(27)28,29-18(16)17(26)15(25)11-22)9-5-8-13-6-3-2-4-7-13/h2-4,6-7,14-18,22,24-26H,5,8-11H2,1H3,(H,21,23)(H,27,28)/t14-,15+,16+,17+,18+,20+/m0/s1. The van der Waals surface area contributed by atoms with Gasteiger partial charge in [0, 0.05) is 13.3 Å². The molecule has 0 unspecified atom stereocenters. The van der Waals surface area contributed by atoms with Crippen LogP contribution < -0.4 is 5.32 Å². The molecule has 0 bridgehead atoms. The molecule has 1 aromatic carbocycles. The van der Waals surface area contributed by atoms with Gasteiger partial charge in [-0.15, -0.1) is 0 Å². The third kappa shape index (κ3) is 5.74. The van der Waals surface area contributed by atoms with Gasteiger partial charge in [0.1, 0.15) is 18.3 Å². The smallest absolute Gasteiger partial charge is 0.336 e. The number of carbonyl (C=O) groups excluding carboxylic acids is 1. The Bertz CT molecular complexity index is 684. The summed E-state index contributed by atoms with van der Waals surface area (Å²) < 4.78 is 5.75. The summed E-state index contributed by atoms with van der Waals surface area (Å²) in [5.41, 5.74) is -0.780. The summed E-state index contributed by atoms with van der Waals surface area (Å²) in [6.45, 7) is 0.412. The largest absolute Gasteiger partial charge is 0.479 e. The lowest BCUT2D eigenvalue weighted by Gasteiger charge is -2.47. The number of aliphatic hydroxyl groups excluding tert-OH is 4. The van der Waals surface area contributed by atoms with Crippen molar-refractivity contribution in [2.45, 2.75) is 68.7 Å². The lowest BCUT2D eigenvalue weighted by Crippen LogP contribution is -2.67. The fourth-order valence-electron chi connectivity index (χ4n) is 3.72. The number of amides is 1. The highest BCUT2D eigenvalue weighted by atomic mass is 16.6. The van der Waals surface area contributed by atoms with Crippen molar-refractivity contribution in [3.63, 3.8) is 0 Å². The Morgan fingerprint density at radius 1 is 1.28 bits per heavy atom. The summed E-state index contributed by atoms with van der Waals surface area (Å²) in [4.78, 5) is 23.6. The Balaban J connectivity index is 2.22. The molecule has 0 radical (unpaired) electrons. The van der Waals surface area contributed by atoms with Crippen molar-refractivity contribution < 1.29 is 39.9 Å². The molecule has 1 aliphatic rings. The van der Waals surface area contributed by atoms with Crippen LogP contribution in [0.5, 0.6) is 0 Å². The van der Waals surface area contributed by atoms with Gasteiger partial charge in [-0.25, -0.2) is 4.79 Å². The number of aliphatic hydroxyl groups is 4. The van der Waals surface area contributed by atoms with E-state index in [2.05, 4.69) is 5.32 Å². The van der Waals surface area contributed by atoms with Crippen molar-refractivity contribution in [1.29, 1.82) is 0 Å². The van der Waals surface area contributed by atoms with E-state index in [9.17, 15) is 30.0 Å². The van der Waals surface area contributed by atoms with E-state index in [1.165, 1.54) is 6.92 Å². The molecule has 162 valence electrons. The van der Waals surface area contributed by atoms with Gasteiger partial charge in [0.25, 0.3) is 0 Å². The molecule has 1 aromatic rings. The van der Waals surface area contributed by atoms with E-state index >= 15 is 0 Å². The number of aryl methyl sites for hydroxylation is 1. The molecule has 9 heteroatoms. The summed E-state index contributed by atoms with van der Waals surface area (Å²) in [6.07, 6.45) is -5.28. The maximum absolute atomic E-state index is 12.1. The predicted molar refractivity (Wildman–Crippen MR) is 102 cm³/mol. The molecule has 2 rings (SSSR count). The second-order valence-electron chi connectivity index (χ2n) is 7.46. The molecule has 0 aromatic heterocycles. The topological polar surface area (TPSA) is 157 Å². The second kappa shape index (κ2) is 10.1. The van der Waals surface area contributed by atoms with Crippen LogP contribution in [0, 0.1) is 0 Å². The Hall–Kier alpha value is -2.04. The van der Waals surface area contributed by atoms with E-state index in [0.29, 0.717) is 12.8 Å². The number of aliphatic carboxylic acids is 1. The Labute approximate surface area is 168 Å². The van der Waals surface area contributed by atoms with Crippen molar-refractivity contribution >= 4 is 11.9 Å².